The summed E-state index contributed by atoms with van der Waals surface area (Å²) in [5, 5.41) is 0. The molecule has 3 nitrogen and oxygen atoms in total. The van der Waals surface area contributed by atoms with Crippen LogP contribution in [0.25, 0.3) is 0 Å². The van der Waals surface area contributed by atoms with Crippen LogP contribution in [-0.2, 0) is 9.59 Å². The molecule has 1 saturated heterocycles. The molecule has 2 fully saturated rings. The molecule has 2 rings (SSSR count). The fourth-order valence-corrected chi connectivity index (χ4v) is 3.28. The van der Waals surface area contributed by atoms with E-state index in [4.69, 9.17) is 0 Å². The van der Waals surface area contributed by atoms with Crippen LogP contribution in [0.15, 0.2) is 0 Å². The average molecular weight is 324 g/mol. The number of carbonyl (C=O) groups excluding carboxylic acids is 2. The van der Waals surface area contributed by atoms with Crippen molar-refractivity contribution in [3.05, 3.63) is 0 Å². The molecule has 2 aliphatic rings. The summed E-state index contributed by atoms with van der Waals surface area (Å²) in [6, 6.07) is 0. The van der Waals surface area contributed by atoms with Gasteiger partial charge in [-0.25, -0.2) is 0 Å². The van der Waals surface area contributed by atoms with Gasteiger partial charge < -0.3 is 4.90 Å². The van der Waals surface area contributed by atoms with Crippen LogP contribution < -0.4 is 0 Å². The lowest BCUT2D eigenvalue weighted by Crippen LogP contribution is -2.41. The number of hydrogen-bond acceptors (Lipinski definition) is 2. The van der Waals surface area contributed by atoms with E-state index in [1.165, 1.54) is 12.8 Å². The van der Waals surface area contributed by atoms with Crippen LogP contribution in [0.3, 0.4) is 0 Å². The van der Waals surface area contributed by atoms with Gasteiger partial charge in [0.2, 0.25) is 5.91 Å². The molecule has 0 aromatic heterocycles. The van der Waals surface area contributed by atoms with Gasteiger partial charge in [-0.05, 0) is 37.5 Å². The first kappa shape index (κ1) is 20.2. The van der Waals surface area contributed by atoms with Crippen LogP contribution in [-0.4, -0.2) is 29.7 Å². The van der Waals surface area contributed by atoms with E-state index in [9.17, 15) is 9.59 Å². The van der Waals surface area contributed by atoms with Crippen molar-refractivity contribution in [3.8, 4) is 0 Å². The molecule has 134 valence electrons. The lowest BCUT2D eigenvalue weighted by atomic mass is 9.86. The summed E-state index contributed by atoms with van der Waals surface area (Å²) in [7, 11) is 0. The molecule has 0 aromatic rings. The Kier molecular flexibility index (Phi) is 7.29. The van der Waals surface area contributed by atoms with Gasteiger partial charge in [0.15, 0.2) is 0 Å². The number of piperidine rings is 1. The number of rotatable bonds is 4. The highest BCUT2D eigenvalue weighted by molar-refractivity contribution is 5.88. The van der Waals surface area contributed by atoms with Crippen molar-refractivity contribution in [2.45, 2.75) is 74.1 Å². The summed E-state index contributed by atoms with van der Waals surface area (Å²) < 4.78 is 0. The van der Waals surface area contributed by atoms with E-state index in [-0.39, 0.29) is 17.3 Å². The predicted octanol–water partition coefficient (Wildman–Crippen LogP) is 4.55. The van der Waals surface area contributed by atoms with Crippen molar-refractivity contribution >= 4 is 11.7 Å². The van der Waals surface area contributed by atoms with Crippen molar-refractivity contribution in [2.75, 3.05) is 13.1 Å². The van der Waals surface area contributed by atoms with E-state index in [1.807, 2.05) is 32.6 Å². The Hall–Kier alpha value is -0.860. The third-order valence-corrected chi connectivity index (χ3v) is 5.41. The second-order valence-electron chi connectivity index (χ2n) is 8.64. The first-order chi connectivity index (χ1) is 10.6. The molecule has 0 bridgehead atoms. The molecule has 0 radical (unpaired) electrons. The van der Waals surface area contributed by atoms with Crippen LogP contribution in [0.4, 0.5) is 0 Å². The number of hydrogen-bond donors (Lipinski definition) is 0. The fraction of sp³-hybridized carbons (Fsp3) is 0.900. The summed E-state index contributed by atoms with van der Waals surface area (Å²) in [6.07, 6.45) is 4.61. The molecular formula is C20H37NO2. The summed E-state index contributed by atoms with van der Waals surface area (Å²) in [5.74, 6) is 2.76. The van der Waals surface area contributed by atoms with E-state index in [2.05, 4.69) is 20.8 Å². The van der Waals surface area contributed by atoms with Gasteiger partial charge in [-0.3, -0.25) is 9.59 Å². The number of Topliss-reactive ketones (excluding diaryl/α,β-unsaturated/α-hetero) is 1. The molecule has 0 atom stereocenters. The Morgan fingerprint density at radius 1 is 0.913 bits per heavy atom. The van der Waals surface area contributed by atoms with Gasteiger partial charge in [0.1, 0.15) is 5.78 Å². The maximum absolute atomic E-state index is 11.7. The van der Waals surface area contributed by atoms with Gasteiger partial charge in [-0.1, -0.05) is 48.5 Å². The van der Waals surface area contributed by atoms with Crippen LogP contribution in [0.1, 0.15) is 74.1 Å². The minimum absolute atomic E-state index is 0.0914. The zero-order chi connectivity index (χ0) is 17.8. The number of carbonyl (C=O) groups is 2. The molecule has 1 amide bonds. The predicted molar refractivity (Wildman–Crippen MR) is 96.2 cm³/mol. The maximum Gasteiger partial charge on any atom is 0.225 e. The molecule has 1 heterocycles. The Morgan fingerprint density at radius 3 is 1.65 bits per heavy atom. The standard InChI is InChI=1S/C12H23NO.C8H14O/c1-9(2)11-5-7-13(8-6-11)12(14)10(3)4;1-6(2)7(9)8(3)4-5-8/h9-11H,5-8H2,1-4H3;6H,4-5H2,1-3H3. The molecule has 1 saturated carbocycles. The quantitative estimate of drug-likeness (QED) is 0.761. The van der Waals surface area contributed by atoms with Crippen LogP contribution in [0.5, 0.6) is 0 Å². The van der Waals surface area contributed by atoms with E-state index in [1.54, 1.807) is 0 Å². The number of likely N-dealkylation sites (tertiary alicyclic amines) is 1. The topological polar surface area (TPSA) is 37.4 Å². The van der Waals surface area contributed by atoms with Gasteiger partial charge in [0.25, 0.3) is 0 Å². The van der Waals surface area contributed by atoms with E-state index in [0.29, 0.717) is 11.7 Å². The highest BCUT2D eigenvalue weighted by Gasteiger charge is 2.45. The lowest BCUT2D eigenvalue weighted by molar-refractivity contribution is -0.136. The van der Waals surface area contributed by atoms with E-state index in [0.717, 1.165) is 37.8 Å². The summed E-state index contributed by atoms with van der Waals surface area (Å²) in [5.41, 5.74) is 0.0914. The van der Waals surface area contributed by atoms with E-state index >= 15 is 0 Å². The Balaban J connectivity index is 0.000000253. The zero-order valence-electron chi connectivity index (χ0n) is 16.3. The number of amides is 1. The zero-order valence-corrected chi connectivity index (χ0v) is 16.3. The molecule has 0 spiro atoms. The summed E-state index contributed by atoms with van der Waals surface area (Å²) >= 11 is 0. The molecule has 0 aromatic carbocycles. The smallest absolute Gasteiger partial charge is 0.225 e. The first-order valence-corrected chi connectivity index (χ1v) is 9.41. The molecule has 0 unspecified atom stereocenters. The Labute approximate surface area is 143 Å². The average Bonchev–Trinajstić information content (AvgIpc) is 3.25. The monoisotopic (exact) mass is 323 g/mol. The molecule has 3 heteroatoms. The highest BCUT2D eigenvalue weighted by Crippen LogP contribution is 2.47. The van der Waals surface area contributed by atoms with Gasteiger partial charge in [0.05, 0.1) is 0 Å². The van der Waals surface area contributed by atoms with Crippen LogP contribution in [0, 0.1) is 29.1 Å². The highest BCUT2D eigenvalue weighted by atomic mass is 16.2. The maximum atomic E-state index is 11.7. The van der Waals surface area contributed by atoms with Crippen molar-refractivity contribution in [3.63, 3.8) is 0 Å². The van der Waals surface area contributed by atoms with Gasteiger partial charge in [0, 0.05) is 30.3 Å². The molecule has 23 heavy (non-hydrogen) atoms. The third kappa shape index (κ3) is 5.93. The SMILES string of the molecule is CC(C)C(=O)C1(C)CC1.CC(C)C(=O)N1CCC(C(C)C)CC1. The second-order valence-corrected chi connectivity index (χ2v) is 8.64. The summed E-state index contributed by atoms with van der Waals surface area (Å²) in [4.78, 5) is 25.0. The normalized spacial score (nSPS) is 20.5. The Bertz CT molecular complexity index is 400. The minimum atomic E-state index is 0.0914. The Morgan fingerprint density at radius 2 is 1.39 bits per heavy atom. The van der Waals surface area contributed by atoms with Gasteiger partial charge in [-0.2, -0.15) is 0 Å². The number of nitrogens with zero attached hydrogens (tertiary/aromatic N) is 1. The van der Waals surface area contributed by atoms with Crippen molar-refractivity contribution < 1.29 is 9.59 Å². The van der Waals surface area contributed by atoms with Crippen LogP contribution in [0.2, 0.25) is 0 Å². The lowest BCUT2D eigenvalue weighted by Gasteiger charge is -2.34. The largest absolute Gasteiger partial charge is 0.342 e. The molecular weight excluding hydrogens is 286 g/mol. The van der Waals surface area contributed by atoms with Crippen molar-refractivity contribution in [2.24, 2.45) is 29.1 Å². The molecule has 0 N–H and O–H groups in total. The summed E-state index contributed by atoms with van der Waals surface area (Å²) in [6.45, 7) is 16.5. The second kappa shape index (κ2) is 8.30. The molecule has 1 aliphatic heterocycles. The first-order valence-electron chi connectivity index (χ1n) is 9.41. The third-order valence-electron chi connectivity index (χ3n) is 5.41. The van der Waals surface area contributed by atoms with Gasteiger partial charge in [-0.15, -0.1) is 0 Å². The number of ketones is 1. The van der Waals surface area contributed by atoms with Crippen molar-refractivity contribution in [1.82, 2.24) is 4.90 Å². The molecule has 1 aliphatic carbocycles. The van der Waals surface area contributed by atoms with Gasteiger partial charge >= 0.3 is 0 Å². The van der Waals surface area contributed by atoms with Crippen LogP contribution >= 0.6 is 0 Å². The van der Waals surface area contributed by atoms with E-state index < -0.39 is 0 Å². The van der Waals surface area contributed by atoms with Crippen molar-refractivity contribution in [1.29, 1.82) is 0 Å². The fourth-order valence-electron chi connectivity index (χ4n) is 3.28. The minimum Gasteiger partial charge on any atom is -0.342 e.